The molecule has 1 aliphatic heterocycles. The summed E-state index contributed by atoms with van der Waals surface area (Å²) in [7, 11) is 0. The fourth-order valence-electron chi connectivity index (χ4n) is 4.19. The lowest BCUT2D eigenvalue weighted by molar-refractivity contribution is -0.117. The Morgan fingerprint density at radius 1 is 1.31 bits per heavy atom. The monoisotopic (exact) mass is 354 g/mol. The van der Waals surface area contributed by atoms with Gasteiger partial charge in [-0.15, -0.1) is 0 Å². The predicted molar refractivity (Wildman–Crippen MR) is 98.4 cm³/mol. The number of benzene rings is 1. The number of hydrogen-bond donors (Lipinski definition) is 1. The highest BCUT2D eigenvalue weighted by molar-refractivity contribution is 5.94. The molecule has 1 aromatic heterocycles. The number of hydrogen-bond acceptors (Lipinski definition) is 4. The normalized spacial score (nSPS) is 24.9. The predicted octanol–water partition coefficient (Wildman–Crippen LogP) is 3.86. The molecule has 26 heavy (non-hydrogen) atoms. The van der Waals surface area contributed by atoms with E-state index >= 15 is 0 Å². The second-order valence-corrected chi connectivity index (χ2v) is 7.42. The Kier molecular flexibility index (Phi) is 4.13. The molecule has 2 aromatic rings. The number of aromatic nitrogens is 2. The molecule has 2 heterocycles. The van der Waals surface area contributed by atoms with Crippen LogP contribution in [0.1, 0.15) is 44.0 Å². The number of amides is 1. The molecule has 0 spiro atoms. The molecule has 0 bridgehead atoms. The third-order valence-corrected chi connectivity index (χ3v) is 5.47. The number of nitrogens with one attached hydrogen (secondary N) is 1. The summed E-state index contributed by atoms with van der Waals surface area (Å²) >= 11 is 0. The third kappa shape index (κ3) is 2.93. The fraction of sp³-hybridized carbons (Fsp3) is 0.450. The van der Waals surface area contributed by atoms with Crippen LogP contribution in [-0.4, -0.2) is 21.9 Å². The van der Waals surface area contributed by atoms with Crippen molar-refractivity contribution in [2.75, 3.05) is 10.2 Å². The van der Waals surface area contributed by atoms with Gasteiger partial charge in [0.15, 0.2) is 0 Å². The first kappa shape index (κ1) is 16.9. The molecule has 1 aromatic carbocycles. The summed E-state index contributed by atoms with van der Waals surface area (Å²) in [5.41, 5.74) is 2.45. The van der Waals surface area contributed by atoms with Crippen molar-refractivity contribution in [3.63, 3.8) is 0 Å². The summed E-state index contributed by atoms with van der Waals surface area (Å²) in [5, 5.41) is 3.40. The van der Waals surface area contributed by atoms with Crippen LogP contribution in [0.5, 0.6) is 0 Å². The van der Waals surface area contributed by atoms with E-state index in [0.29, 0.717) is 11.9 Å². The van der Waals surface area contributed by atoms with E-state index in [1.54, 1.807) is 19.2 Å². The van der Waals surface area contributed by atoms with Gasteiger partial charge in [-0.25, -0.2) is 14.4 Å². The minimum Gasteiger partial charge on any atom is -0.347 e. The standard InChI is InChI=1S/C20H23FN4O/c1-11-8-9-22-20(23-11)24-18-12(2)19(14-4-5-14)25(13(3)26)17-7-6-15(21)10-16(17)18/h6-10,12,14,18-19H,4-5H2,1-3H3,(H,22,23,24)/t12-,18-,19-/m1/s1. The first-order chi connectivity index (χ1) is 12.5. The molecule has 3 atom stereocenters. The maximum absolute atomic E-state index is 14.0. The van der Waals surface area contributed by atoms with Crippen LogP contribution in [0.15, 0.2) is 30.5 Å². The molecule has 5 nitrogen and oxygen atoms in total. The van der Waals surface area contributed by atoms with E-state index < -0.39 is 0 Å². The average molecular weight is 354 g/mol. The molecular formula is C20H23FN4O. The Labute approximate surface area is 152 Å². The Morgan fingerprint density at radius 2 is 2.08 bits per heavy atom. The van der Waals surface area contributed by atoms with Gasteiger partial charge in [0.1, 0.15) is 5.82 Å². The highest BCUT2D eigenvalue weighted by atomic mass is 19.1. The zero-order valence-corrected chi connectivity index (χ0v) is 15.2. The molecule has 2 aliphatic rings. The van der Waals surface area contributed by atoms with Crippen LogP contribution in [0.3, 0.4) is 0 Å². The Morgan fingerprint density at radius 3 is 2.73 bits per heavy atom. The zero-order valence-electron chi connectivity index (χ0n) is 15.2. The first-order valence-corrected chi connectivity index (χ1v) is 9.11. The van der Waals surface area contributed by atoms with Crippen molar-refractivity contribution in [3.05, 3.63) is 47.5 Å². The van der Waals surface area contributed by atoms with E-state index in [1.165, 1.54) is 12.1 Å². The zero-order chi connectivity index (χ0) is 18.4. The molecular weight excluding hydrogens is 331 g/mol. The number of aryl methyl sites for hydroxylation is 1. The largest absolute Gasteiger partial charge is 0.347 e. The number of anilines is 2. The van der Waals surface area contributed by atoms with Crippen molar-refractivity contribution in [2.24, 2.45) is 11.8 Å². The molecule has 0 radical (unpaired) electrons. The van der Waals surface area contributed by atoms with Crippen molar-refractivity contribution in [2.45, 2.75) is 45.7 Å². The number of fused-ring (bicyclic) bond motifs is 1. The van der Waals surface area contributed by atoms with Crippen LogP contribution in [0, 0.1) is 24.6 Å². The number of carbonyl (C=O) groups is 1. The maximum Gasteiger partial charge on any atom is 0.224 e. The van der Waals surface area contributed by atoms with E-state index in [0.717, 1.165) is 29.8 Å². The van der Waals surface area contributed by atoms with Crippen molar-refractivity contribution in [1.29, 1.82) is 0 Å². The minimum atomic E-state index is -0.304. The molecule has 1 amide bonds. The number of halogens is 1. The fourth-order valence-corrected chi connectivity index (χ4v) is 4.19. The van der Waals surface area contributed by atoms with E-state index in [-0.39, 0.29) is 29.7 Å². The smallest absolute Gasteiger partial charge is 0.224 e. The Balaban J connectivity index is 1.80. The van der Waals surface area contributed by atoms with Crippen molar-refractivity contribution >= 4 is 17.5 Å². The van der Waals surface area contributed by atoms with Crippen molar-refractivity contribution in [1.82, 2.24) is 9.97 Å². The van der Waals surface area contributed by atoms with Gasteiger partial charge in [-0.3, -0.25) is 4.79 Å². The summed E-state index contributed by atoms with van der Waals surface area (Å²) < 4.78 is 14.0. The van der Waals surface area contributed by atoms with Crippen molar-refractivity contribution in [3.8, 4) is 0 Å². The van der Waals surface area contributed by atoms with E-state index in [1.807, 2.05) is 17.9 Å². The topological polar surface area (TPSA) is 58.1 Å². The summed E-state index contributed by atoms with van der Waals surface area (Å²) in [6.45, 7) is 5.63. The van der Waals surface area contributed by atoms with Crippen LogP contribution in [0.25, 0.3) is 0 Å². The molecule has 0 unspecified atom stereocenters. The lowest BCUT2D eigenvalue weighted by atomic mass is 9.80. The molecule has 6 heteroatoms. The van der Waals surface area contributed by atoms with Gasteiger partial charge in [-0.05, 0) is 49.9 Å². The summed E-state index contributed by atoms with van der Waals surface area (Å²) in [5.74, 6) is 0.843. The van der Waals surface area contributed by atoms with E-state index in [9.17, 15) is 9.18 Å². The Bertz CT molecular complexity index is 851. The minimum absolute atomic E-state index is 0.00636. The number of nitrogens with zero attached hydrogens (tertiary/aromatic N) is 3. The van der Waals surface area contributed by atoms with Gasteiger partial charge in [0.05, 0.1) is 6.04 Å². The first-order valence-electron chi connectivity index (χ1n) is 9.11. The van der Waals surface area contributed by atoms with Gasteiger partial charge in [0.25, 0.3) is 0 Å². The third-order valence-electron chi connectivity index (χ3n) is 5.47. The van der Waals surface area contributed by atoms with Gasteiger partial charge < -0.3 is 10.2 Å². The van der Waals surface area contributed by atoms with E-state index in [2.05, 4.69) is 22.2 Å². The molecule has 1 saturated carbocycles. The summed E-state index contributed by atoms with van der Waals surface area (Å²) in [4.78, 5) is 23.0. The van der Waals surface area contributed by atoms with Gasteiger partial charge in [-0.1, -0.05) is 6.92 Å². The SMILES string of the molecule is CC(=O)N1c2ccc(F)cc2[C@H](Nc2nccc(C)n2)[C@@H](C)[C@@H]1C1CC1. The van der Waals surface area contributed by atoms with Crippen molar-refractivity contribution < 1.29 is 9.18 Å². The highest BCUT2D eigenvalue weighted by Gasteiger charge is 2.47. The molecule has 136 valence electrons. The van der Waals surface area contributed by atoms with Crippen LogP contribution in [0.2, 0.25) is 0 Å². The lowest BCUT2D eigenvalue weighted by Crippen LogP contribution is -2.51. The van der Waals surface area contributed by atoms with E-state index in [4.69, 9.17) is 0 Å². The van der Waals surface area contributed by atoms with Crippen LogP contribution >= 0.6 is 0 Å². The van der Waals surface area contributed by atoms with Gasteiger partial charge in [0.2, 0.25) is 11.9 Å². The van der Waals surface area contributed by atoms with Gasteiger partial charge in [0, 0.05) is 42.0 Å². The summed E-state index contributed by atoms with van der Waals surface area (Å²) in [6, 6.07) is 6.47. The molecule has 1 fully saturated rings. The molecule has 4 rings (SSSR count). The quantitative estimate of drug-likeness (QED) is 0.909. The van der Waals surface area contributed by atoms with Gasteiger partial charge in [-0.2, -0.15) is 0 Å². The lowest BCUT2D eigenvalue weighted by Gasteiger charge is -2.45. The van der Waals surface area contributed by atoms with Crippen LogP contribution in [-0.2, 0) is 4.79 Å². The second-order valence-electron chi connectivity index (χ2n) is 7.42. The van der Waals surface area contributed by atoms with Crippen LogP contribution in [0.4, 0.5) is 16.0 Å². The molecule has 1 aliphatic carbocycles. The Hall–Kier alpha value is -2.50. The van der Waals surface area contributed by atoms with Gasteiger partial charge >= 0.3 is 0 Å². The average Bonchev–Trinajstić information content (AvgIpc) is 3.41. The van der Waals surface area contributed by atoms with Crippen LogP contribution < -0.4 is 10.2 Å². The number of carbonyl (C=O) groups excluding carboxylic acids is 1. The summed E-state index contributed by atoms with van der Waals surface area (Å²) in [6.07, 6.45) is 3.97. The number of rotatable bonds is 3. The highest BCUT2D eigenvalue weighted by Crippen LogP contribution is 2.49. The second kappa shape index (κ2) is 6.34. The molecule has 0 saturated heterocycles. The molecule has 1 N–H and O–H groups in total. The maximum atomic E-state index is 14.0.